The van der Waals surface area contributed by atoms with Gasteiger partial charge in [-0.2, -0.15) is 0 Å². The van der Waals surface area contributed by atoms with Crippen molar-refractivity contribution in [3.63, 3.8) is 0 Å². The molecule has 1 aromatic carbocycles. The van der Waals surface area contributed by atoms with Crippen LogP contribution in [0, 0.1) is 13.8 Å². The number of hydrogen-bond donors (Lipinski definition) is 0. The van der Waals surface area contributed by atoms with Gasteiger partial charge in [0, 0.05) is 26.3 Å². The molecule has 2 aromatic rings. The van der Waals surface area contributed by atoms with Gasteiger partial charge in [0.15, 0.2) is 0 Å². The van der Waals surface area contributed by atoms with Crippen molar-refractivity contribution in [3.8, 4) is 10.6 Å². The number of aromatic nitrogens is 1. The first-order valence-corrected chi connectivity index (χ1v) is 7.62. The summed E-state index contributed by atoms with van der Waals surface area (Å²) < 4.78 is 4.99. The van der Waals surface area contributed by atoms with Crippen LogP contribution < -0.4 is 0 Å². The monoisotopic (exact) mass is 304 g/mol. The van der Waals surface area contributed by atoms with Crippen LogP contribution in [0.1, 0.15) is 20.8 Å². The van der Waals surface area contributed by atoms with Crippen LogP contribution in [0.25, 0.3) is 10.6 Å². The van der Waals surface area contributed by atoms with Gasteiger partial charge in [-0.05, 0) is 19.4 Å². The molecule has 0 radical (unpaired) electrons. The van der Waals surface area contributed by atoms with Crippen LogP contribution in [0.15, 0.2) is 24.4 Å². The summed E-state index contributed by atoms with van der Waals surface area (Å²) in [6.07, 6.45) is 1.66. The van der Waals surface area contributed by atoms with E-state index in [-0.39, 0.29) is 5.91 Å². The number of hydrogen-bond acceptors (Lipinski definition) is 4. The second kappa shape index (κ2) is 6.83. The molecule has 0 spiro atoms. The molecule has 21 heavy (non-hydrogen) atoms. The maximum Gasteiger partial charge on any atom is 0.265 e. The van der Waals surface area contributed by atoms with Crippen LogP contribution in [0.3, 0.4) is 0 Å². The Morgan fingerprint density at radius 3 is 2.81 bits per heavy atom. The number of methoxy groups -OCH3 is 1. The average Bonchev–Trinajstić information content (AvgIpc) is 2.93. The number of ether oxygens (including phenoxy) is 1. The lowest BCUT2D eigenvalue weighted by Gasteiger charge is -2.14. The van der Waals surface area contributed by atoms with Crippen molar-refractivity contribution < 1.29 is 9.53 Å². The van der Waals surface area contributed by atoms with Gasteiger partial charge in [0.05, 0.1) is 12.8 Å². The molecule has 0 aliphatic heterocycles. The highest BCUT2D eigenvalue weighted by Gasteiger charge is 2.16. The number of likely N-dealkylation sites (N-methyl/N-ethyl adjacent to an activating group) is 1. The van der Waals surface area contributed by atoms with E-state index in [0.29, 0.717) is 18.0 Å². The lowest BCUT2D eigenvalue weighted by molar-refractivity contribution is 0.0748. The summed E-state index contributed by atoms with van der Waals surface area (Å²) in [6.45, 7) is 5.24. The number of nitrogens with zero attached hydrogens (tertiary/aromatic N) is 2. The molecule has 0 aliphatic rings. The topological polar surface area (TPSA) is 42.4 Å². The number of carbonyl (C=O) groups is 1. The van der Waals surface area contributed by atoms with Crippen molar-refractivity contribution in [2.75, 3.05) is 27.3 Å². The third kappa shape index (κ3) is 3.68. The highest BCUT2D eigenvalue weighted by atomic mass is 32.1. The summed E-state index contributed by atoms with van der Waals surface area (Å²) in [5, 5.41) is 0.885. The molecule has 0 bridgehead atoms. The molecule has 0 N–H and O–H groups in total. The average molecular weight is 304 g/mol. The lowest BCUT2D eigenvalue weighted by atomic mass is 10.1. The summed E-state index contributed by atoms with van der Waals surface area (Å²) in [6, 6.07) is 6.26. The molecule has 1 aromatic heterocycles. The summed E-state index contributed by atoms with van der Waals surface area (Å²) in [5.74, 6) is -0.0134. The molecule has 1 amide bonds. The smallest absolute Gasteiger partial charge is 0.265 e. The van der Waals surface area contributed by atoms with Crippen molar-refractivity contribution in [1.29, 1.82) is 0 Å². The van der Waals surface area contributed by atoms with Gasteiger partial charge in [0.1, 0.15) is 9.88 Å². The normalized spacial score (nSPS) is 10.7. The highest BCUT2D eigenvalue weighted by molar-refractivity contribution is 7.16. The summed E-state index contributed by atoms with van der Waals surface area (Å²) in [4.78, 5) is 19.0. The van der Waals surface area contributed by atoms with Crippen molar-refractivity contribution >= 4 is 17.2 Å². The van der Waals surface area contributed by atoms with Gasteiger partial charge in [0.25, 0.3) is 5.91 Å². The van der Waals surface area contributed by atoms with E-state index in [0.717, 1.165) is 10.6 Å². The molecule has 0 saturated heterocycles. The van der Waals surface area contributed by atoms with E-state index in [4.69, 9.17) is 4.74 Å². The standard InChI is InChI=1S/C16H20N2O2S/c1-11-5-6-13(12(2)9-11)15-17-10-14(21-15)16(19)18(3)7-8-20-4/h5-6,9-10H,7-8H2,1-4H3. The third-order valence-corrected chi connectivity index (χ3v) is 4.32. The van der Waals surface area contributed by atoms with Crippen LogP contribution in [0.2, 0.25) is 0 Å². The second-order valence-electron chi connectivity index (χ2n) is 5.07. The Kier molecular flexibility index (Phi) is 5.09. The van der Waals surface area contributed by atoms with Crippen LogP contribution in [-0.4, -0.2) is 43.1 Å². The van der Waals surface area contributed by atoms with Crippen LogP contribution in [0.4, 0.5) is 0 Å². The fraction of sp³-hybridized carbons (Fsp3) is 0.375. The minimum Gasteiger partial charge on any atom is -0.383 e. The van der Waals surface area contributed by atoms with Gasteiger partial charge in [-0.3, -0.25) is 4.79 Å². The van der Waals surface area contributed by atoms with Gasteiger partial charge in [-0.25, -0.2) is 4.98 Å². The van der Waals surface area contributed by atoms with E-state index in [9.17, 15) is 4.79 Å². The Bertz CT molecular complexity index is 637. The number of thiazole rings is 1. The van der Waals surface area contributed by atoms with E-state index in [1.54, 1.807) is 25.3 Å². The molecule has 1 heterocycles. The lowest BCUT2D eigenvalue weighted by Crippen LogP contribution is -2.29. The van der Waals surface area contributed by atoms with Gasteiger partial charge in [0.2, 0.25) is 0 Å². The Labute approximate surface area is 129 Å². The van der Waals surface area contributed by atoms with E-state index < -0.39 is 0 Å². The minimum absolute atomic E-state index is 0.0134. The van der Waals surface area contributed by atoms with Crippen LogP contribution in [0.5, 0.6) is 0 Å². The van der Waals surface area contributed by atoms with E-state index in [1.807, 2.05) is 0 Å². The van der Waals surface area contributed by atoms with E-state index in [2.05, 4.69) is 37.0 Å². The third-order valence-electron chi connectivity index (χ3n) is 3.31. The predicted molar refractivity (Wildman–Crippen MR) is 85.9 cm³/mol. The minimum atomic E-state index is -0.0134. The molecule has 0 saturated carbocycles. The van der Waals surface area contributed by atoms with Crippen molar-refractivity contribution in [2.45, 2.75) is 13.8 Å². The number of carbonyl (C=O) groups excluding carboxylic acids is 1. The molecule has 2 rings (SSSR count). The number of benzene rings is 1. The summed E-state index contributed by atoms with van der Waals surface area (Å²) in [7, 11) is 3.40. The fourth-order valence-electron chi connectivity index (χ4n) is 2.07. The van der Waals surface area contributed by atoms with Crippen LogP contribution >= 0.6 is 11.3 Å². The van der Waals surface area contributed by atoms with E-state index in [1.165, 1.54) is 22.5 Å². The zero-order chi connectivity index (χ0) is 15.4. The van der Waals surface area contributed by atoms with Gasteiger partial charge < -0.3 is 9.64 Å². The summed E-state index contributed by atoms with van der Waals surface area (Å²) in [5.41, 5.74) is 3.49. The molecule has 5 heteroatoms. The SMILES string of the molecule is COCCN(C)C(=O)c1cnc(-c2ccc(C)cc2C)s1. The van der Waals surface area contributed by atoms with Crippen molar-refractivity contribution in [2.24, 2.45) is 0 Å². The fourth-order valence-corrected chi connectivity index (χ4v) is 3.07. The summed E-state index contributed by atoms with van der Waals surface area (Å²) >= 11 is 1.43. The van der Waals surface area contributed by atoms with E-state index >= 15 is 0 Å². The van der Waals surface area contributed by atoms with Crippen LogP contribution in [-0.2, 0) is 4.74 Å². The molecule has 0 unspecified atom stereocenters. The molecule has 0 fully saturated rings. The Balaban J connectivity index is 2.19. The highest BCUT2D eigenvalue weighted by Crippen LogP contribution is 2.28. The number of rotatable bonds is 5. The van der Waals surface area contributed by atoms with Gasteiger partial charge in [-0.1, -0.05) is 23.8 Å². The Hall–Kier alpha value is -1.72. The molecular formula is C16H20N2O2S. The number of amides is 1. The molecular weight excluding hydrogens is 284 g/mol. The second-order valence-corrected chi connectivity index (χ2v) is 6.10. The maximum absolute atomic E-state index is 12.3. The molecule has 0 atom stereocenters. The Morgan fingerprint density at radius 1 is 1.38 bits per heavy atom. The predicted octanol–water partition coefficient (Wildman–Crippen LogP) is 3.15. The first-order valence-electron chi connectivity index (χ1n) is 6.80. The molecule has 112 valence electrons. The first-order chi connectivity index (χ1) is 10.0. The molecule has 4 nitrogen and oxygen atoms in total. The molecule has 0 aliphatic carbocycles. The van der Waals surface area contributed by atoms with Gasteiger partial charge in [-0.15, -0.1) is 11.3 Å². The zero-order valence-electron chi connectivity index (χ0n) is 12.8. The first kappa shape index (κ1) is 15.7. The quantitative estimate of drug-likeness (QED) is 0.852. The van der Waals surface area contributed by atoms with Crippen molar-refractivity contribution in [1.82, 2.24) is 9.88 Å². The zero-order valence-corrected chi connectivity index (χ0v) is 13.7. The Morgan fingerprint density at radius 2 is 2.14 bits per heavy atom. The number of aryl methyl sites for hydroxylation is 2. The largest absolute Gasteiger partial charge is 0.383 e. The van der Waals surface area contributed by atoms with Gasteiger partial charge >= 0.3 is 0 Å². The maximum atomic E-state index is 12.3. The van der Waals surface area contributed by atoms with Crippen molar-refractivity contribution in [3.05, 3.63) is 40.4 Å².